The highest BCUT2D eigenvalue weighted by Crippen LogP contribution is 2.14. The van der Waals surface area contributed by atoms with Gasteiger partial charge in [-0.05, 0) is 58.0 Å². The molecule has 0 radical (unpaired) electrons. The first-order chi connectivity index (χ1) is 23.6. The lowest BCUT2D eigenvalue weighted by molar-refractivity contribution is -0.144. The quantitative estimate of drug-likeness (QED) is 0.0517. The zero-order valence-electron chi connectivity index (χ0n) is 32.7. The van der Waals surface area contributed by atoms with Gasteiger partial charge in [-0.15, -0.1) is 0 Å². The van der Waals surface area contributed by atoms with Crippen LogP contribution in [0.4, 0.5) is 0 Å². The first-order valence-electron chi connectivity index (χ1n) is 21.4. The van der Waals surface area contributed by atoms with E-state index in [1.54, 1.807) is 0 Å². The van der Waals surface area contributed by atoms with Gasteiger partial charge < -0.3 is 19.6 Å². The number of carbonyl (C=O) groups is 2. The predicted octanol–water partition coefficient (Wildman–Crippen LogP) is 11.4. The standard InChI is InChI=1S/C42H84N2O4/c1-4-7-10-13-22-29-36-44(37-30-23-14-11-8-5-2)41(46)32-25-18-16-20-27-34-43(38-39-45)35-28-21-17-19-26-33-42(47)48-40-31-24-15-12-9-6-3/h45H,4-40H2,1-3H3. The molecule has 48 heavy (non-hydrogen) atoms. The zero-order valence-corrected chi connectivity index (χ0v) is 32.7. The summed E-state index contributed by atoms with van der Waals surface area (Å²) < 4.78 is 5.39. The van der Waals surface area contributed by atoms with Gasteiger partial charge >= 0.3 is 5.97 Å². The number of carbonyl (C=O) groups excluding carboxylic acids is 2. The fourth-order valence-corrected chi connectivity index (χ4v) is 6.58. The molecular formula is C42H84N2O4. The molecule has 1 amide bonds. The molecule has 0 aromatic heterocycles. The fourth-order valence-electron chi connectivity index (χ4n) is 6.58. The van der Waals surface area contributed by atoms with E-state index in [-0.39, 0.29) is 12.6 Å². The van der Waals surface area contributed by atoms with Crippen molar-refractivity contribution in [1.29, 1.82) is 0 Å². The molecule has 0 aromatic carbocycles. The summed E-state index contributed by atoms with van der Waals surface area (Å²) in [5, 5.41) is 9.54. The molecule has 286 valence electrons. The number of unbranched alkanes of at least 4 members (excludes halogenated alkanes) is 23. The Balaban J connectivity index is 3.99. The Labute approximate surface area is 299 Å². The Kier molecular flexibility index (Phi) is 37.7. The van der Waals surface area contributed by atoms with Crippen LogP contribution >= 0.6 is 0 Å². The second-order valence-corrected chi connectivity index (χ2v) is 14.5. The van der Waals surface area contributed by atoms with Gasteiger partial charge in [-0.3, -0.25) is 9.59 Å². The SMILES string of the molecule is CCCCCCCCOC(=O)CCCCCCCN(CCO)CCCCCCCC(=O)N(CCCCCCCC)CCCCCCCC. The molecule has 6 heteroatoms. The minimum absolute atomic E-state index is 0.0294. The van der Waals surface area contributed by atoms with E-state index in [1.807, 2.05) is 0 Å². The Morgan fingerprint density at radius 3 is 1.27 bits per heavy atom. The molecule has 0 rings (SSSR count). The van der Waals surface area contributed by atoms with Crippen LogP contribution in [0, 0.1) is 0 Å². The van der Waals surface area contributed by atoms with Crippen LogP contribution in [-0.4, -0.2) is 72.7 Å². The summed E-state index contributed by atoms with van der Waals surface area (Å²) in [7, 11) is 0. The smallest absolute Gasteiger partial charge is 0.305 e. The van der Waals surface area contributed by atoms with Crippen LogP contribution in [0.1, 0.15) is 213 Å². The minimum Gasteiger partial charge on any atom is -0.466 e. The van der Waals surface area contributed by atoms with E-state index < -0.39 is 0 Å². The number of hydrogen-bond donors (Lipinski definition) is 1. The average molecular weight is 681 g/mol. The number of esters is 1. The third-order valence-corrected chi connectivity index (χ3v) is 9.81. The van der Waals surface area contributed by atoms with E-state index in [9.17, 15) is 14.7 Å². The third-order valence-electron chi connectivity index (χ3n) is 9.81. The molecule has 0 aliphatic rings. The highest BCUT2D eigenvalue weighted by molar-refractivity contribution is 5.76. The molecule has 0 aliphatic carbocycles. The summed E-state index contributed by atoms with van der Waals surface area (Å²) >= 11 is 0. The van der Waals surface area contributed by atoms with Gasteiger partial charge in [0.15, 0.2) is 0 Å². The number of rotatable bonds is 39. The Hall–Kier alpha value is -1.14. The number of hydrogen-bond acceptors (Lipinski definition) is 5. The van der Waals surface area contributed by atoms with Crippen LogP contribution in [0.2, 0.25) is 0 Å². The molecule has 6 nitrogen and oxygen atoms in total. The van der Waals surface area contributed by atoms with E-state index >= 15 is 0 Å². The molecule has 0 aromatic rings. The first-order valence-corrected chi connectivity index (χ1v) is 21.4. The topological polar surface area (TPSA) is 70.1 Å². The number of aliphatic hydroxyl groups excluding tert-OH is 1. The van der Waals surface area contributed by atoms with Crippen molar-refractivity contribution < 1.29 is 19.4 Å². The van der Waals surface area contributed by atoms with E-state index in [2.05, 4.69) is 30.6 Å². The largest absolute Gasteiger partial charge is 0.466 e. The molecule has 0 saturated carbocycles. The molecule has 0 fully saturated rings. The summed E-state index contributed by atoms with van der Waals surface area (Å²) in [5.74, 6) is 0.355. The maximum atomic E-state index is 13.1. The molecular weight excluding hydrogens is 596 g/mol. The summed E-state index contributed by atoms with van der Waals surface area (Å²) in [6.45, 7) is 12.3. The van der Waals surface area contributed by atoms with Crippen LogP contribution < -0.4 is 0 Å². The molecule has 0 heterocycles. The summed E-state index contributed by atoms with van der Waals surface area (Å²) in [6, 6.07) is 0. The third kappa shape index (κ3) is 33.4. The lowest BCUT2D eigenvalue weighted by Crippen LogP contribution is -2.32. The minimum atomic E-state index is -0.0294. The van der Waals surface area contributed by atoms with Crippen molar-refractivity contribution in [1.82, 2.24) is 9.80 Å². The first kappa shape index (κ1) is 46.9. The predicted molar refractivity (Wildman–Crippen MR) is 207 cm³/mol. The number of aliphatic hydroxyl groups is 1. The summed E-state index contributed by atoms with van der Waals surface area (Å²) in [6.07, 6.45) is 35.1. The second-order valence-electron chi connectivity index (χ2n) is 14.5. The van der Waals surface area contributed by atoms with Crippen LogP contribution in [0.25, 0.3) is 0 Å². The van der Waals surface area contributed by atoms with Crippen molar-refractivity contribution >= 4 is 11.9 Å². The van der Waals surface area contributed by atoms with Crippen molar-refractivity contribution in [3.8, 4) is 0 Å². The number of amides is 1. The number of nitrogens with zero attached hydrogens (tertiary/aromatic N) is 2. The molecule has 0 bridgehead atoms. The average Bonchev–Trinajstić information content (AvgIpc) is 3.08. The van der Waals surface area contributed by atoms with Crippen LogP contribution in [0.3, 0.4) is 0 Å². The van der Waals surface area contributed by atoms with Gasteiger partial charge in [0, 0.05) is 32.5 Å². The second kappa shape index (κ2) is 38.7. The van der Waals surface area contributed by atoms with Gasteiger partial charge in [0.05, 0.1) is 13.2 Å². The summed E-state index contributed by atoms with van der Waals surface area (Å²) in [5.41, 5.74) is 0. The lowest BCUT2D eigenvalue weighted by Gasteiger charge is -2.23. The van der Waals surface area contributed by atoms with Gasteiger partial charge in [-0.25, -0.2) is 0 Å². The highest BCUT2D eigenvalue weighted by atomic mass is 16.5. The molecule has 0 aliphatic heterocycles. The van der Waals surface area contributed by atoms with Crippen LogP contribution in [0.15, 0.2) is 0 Å². The monoisotopic (exact) mass is 681 g/mol. The van der Waals surface area contributed by atoms with Gasteiger partial charge in [0.2, 0.25) is 5.91 Å². The molecule has 0 unspecified atom stereocenters. The van der Waals surface area contributed by atoms with Crippen LogP contribution in [-0.2, 0) is 14.3 Å². The van der Waals surface area contributed by atoms with Crippen molar-refractivity contribution in [2.75, 3.05) is 45.9 Å². The normalized spacial score (nSPS) is 11.4. The Morgan fingerprint density at radius 1 is 0.438 bits per heavy atom. The maximum absolute atomic E-state index is 13.1. The van der Waals surface area contributed by atoms with Gasteiger partial charge in [0.1, 0.15) is 0 Å². The van der Waals surface area contributed by atoms with E-state index in [0.717, 1.165) is 96.9 Å². The summed E-state index contributed by atoms with van der Waals surface area (Å²) in [4.78, 5) is 29.6. The van der Waals surface area contributed by atoms with Crippen molar-refractivity contribution in [2.45, 2.75) is 213 Å². The van der Waals surface area contributed by atoms with E-state index in [4.69, 9.17) is 4.74 Å². The molecule has 1 N–H and O–H groups in total. The van der Waals surface area contributed by atoms with E-state index in [1.165, 1.54) is 116 Å². The number of ether oxygens (including phenoxy) is 1. The Bertz CT molecular complexity index is 658. The van der Waals surface area contributed by atoms with Crippen molar-refractivity contribution in [3.63, 3.8) is 0 Å². The van der Waals surface area contributed by atoms with Crippen molar-refractivity contribution in [3.05, 3.63) is 0 Å². The van der Waals surface area contributed by atoms with Crippen molar-refractivity contribution in [2.24, 2.45) is 0 Å². The van der Waals surface area contributed by atoms with Gasteiger partial charge in [-0.2, -0.15) is 0 Å². The van der Waals surface area contributed by atoms with E-state index in [0.29, 0.717) is 25.4 Å². The Morgan fingerprint density at radius 2 is 0.812 bits per heavy atom. The highest BCUT2D eigenvalue weighted by Gasteiger charge is 2.13. The molecule has 0 saturated heterocycles. The van der Waals surface area contributed by atoms with Crippen LogP contribution in [0.5, 0.6) is 0 Å². The zero-order chi connectivity index (χ0) is 35.2. The maximum Gasteiger partial charge on any atom is 0.305 e. The fraction of sp³-hybridized carbons (Fsp3) is 0.952. The molecule has 0 spiro atoms. The lowest BCUT2D eigenvalue weighted by atomic mass is 10.1. The van der Waals surface area contributed by atoms with Gasteiger partial charge in [-0.1, -0.05) is 156 Å². The molecule has 0 atom stereocenters. The van der Waals surface area contributed by atoms with Gasteiger partial charge in [0.25, 0.3) is 0 Å².